The Bertz CT molecular complexity index is 536. The predicted octanol–water partition coefficient (Wildman–Crippen LogP) is 4.19. The minimum Gasteiger partial charge on any atom is -0.398 e. The van der Waals surface area contributed by atoms with E-state index in [4.69, 9.17) is 5.73 Å². The van der Waals surface area contributed by atoms with Gasteiger partial charge in [-0.25, -0.2) is 0 Å². The number of anilines is 1. The van der Waals surface area contributed by atoms with Crippen LogP contribution in [0.3, 0.4) is 0 Å². The maximum absolute atomic E-state index is 12.7. The number of hydrogen-bond acceptors (Lipinski definition) is 1. The van der Waals surface area contributed by atoms with Crippen molar-refractivity contribution in [3.05, 3.63) is 59.7 Å². The van der Waals surface area contributed by atoms with Crippen LogP contribution < -0.4 is 5.73 Å². The monoisotopic (exact) mass is 251 g/mol. The van der Waals surface area contributed by atoms with Crippen molar-refractivity contribution in [3.8, 4) is 0 Å². The maximum atomic E-state index is 12.7. The molecule has 94 valence electrons. The minimum atomic E-state index is -4.43. The Kier molecular flexibility index (Phi) is 3.28. The van der Waals surface area contributed by atoms with E-state index in [9.17, 15) is 13.2 Å². The van der Waals surface area contributed by atoms with Crippen LogP contribution in [0.1, 0.15) is 17.5 Å². The third-order valence-corrected chi connectivity index (χ3v) is 2.67. The first-order valence-corrected chi connectivity index (χ1v) is 5.49. The zero-order valence-corrected chi connectivity index (χ0v) is 9.54. The van der Waals surface area contributed by atoms with Gasteiger partial charge in [0, 0.05) is 5.69 Å². The third-order valence-electron chi connectivity index (χ3n) is 2.67. The molecule has 0 aromatic heterocycles. The number of rotatable bonds is 1. The van der Waals surface area contributed by atoms with E-state index < -0.39 is 11.7 Å². The van der Waals surface area contributed by atoms with Gasteiger partial charge in [0.2, 0.25) is 0 Å². The molecule has 4 heteroatoms. The van der Waals surface area contributed by atoms with Crippen molar-refractivity contribution in [2.45, 2.75) is 12.6 Å². The number of hydrogen-bond donors (Lipinski definition) is 1. The third kappa shape index (κ3) is 2.64. The lowest BCUT2D eigenvalue weighted by Gasteiger charge is -2.12. The van der Waals surface area contributed by atoms with Gasteiger partial charge >= 0.3 is 6.18 Å². The Morgan fingerprint density at radius 1 is 1.11 bits per heavy atom. The normalized spacial score (nSPS) is 15.4. The topological polar surface area (TPSA) is 26.0 Å². The molecule has 2 rings (SSSR count). The van der Waals surface area contributed by atoms with E-state index in [0.29, 0.717) is 5.56 Å². The predicted molar refractivity (Wildman–Crippen MR) is 66.7 cm³/mol. The number of alkyl halides is 3. The Labute approximate surface area is 103 Å². The van der Waals surface area contributed by atoms with Crippen LogP contribution in [-0.2, 0) is 6.18 Å². The highest BCUT2D eigenvalue weighted by Gasteiger charge is 2.33. The lowest BCUT2D eigenvalue weighted by molar-refractivity contribution is -0.136. The molecule has 18 heavy (non-hydrogen) atoms. The highest BCUT2D eigenvalue weighted by Crippen LogP contribution is 2.35. The van der Waals surface area contributed by atoms with Gasteiger partial charge in [-0.2, -0.15) is 13.2 Å². The van der Waals surface area contributed by atoms with Crippen molar-refractivity contribution in [1.82, 2.24) is 0 Å². The van der Waals surface area contributed by atoms with Gasteiger partial charge in [0.15, 0.2) is 0 Å². The van der Waals surface area contributed by atoms with Crippen molar-refractivity contribution in [2.24, 2.45) is 0 Å². The maximum Gasteiger partial charge on any atom is 0.418 e. The number of nitrogens with two attached hydrogens (primary N) is 1. The number of halogens is 3. The average molecular weight is 251 g/mol. The summed E-state index contributed by atoms with van der Waals surface area (Å²) in [7, 11) is 0. The number of benzene rings is 1. The summed E-state index contributed by atoms with van der Waals surface area (Å²) in [6.45, 7) is 0. The average Bonchev–Trinajstić information content (AvgIpc) is 2.56. The standard InChI is InChI=1S/C14H12F3N/c15-14(16,17)12-9-11(7-8-13(12)18)10-5-3-1-2-4-6-10/h1,3-9H,2,18H2. The van der Waals surface area contributed by atoms with E-state index in [0.717, 1.165) is 18.1 Å². The molecule has 1 nitrogen and oxygen atoms in total. The first kappa shape index (κ1) is 12.5. The quantitative estimate of drug-likeness (QED) is 0.744. The summed E-state index contributed by atoms with van der Waals surface area (Å²) in [5, 5.41) is 0. The van der Waals surface area contributed by atoms with Crippen LogP contribution in [0.2, 0.25) is 0 Å². The van der Waals surface area contributed by atoms with Crippen molar-refractivity contribution in [1.29, 1.82) is 0 Å². The van der Waals surface area contributed by atoms with E-state index in [1.807, 2.05) is 24.3 Å². The van der Waals surface area contributed by atoms with E-state index in [1.54, 1.807) is 12.1 Å². The van der Waals surface area contributed by atoms with Gasteiger partial charge in [-0.1, -0.05) is 36.4 Å². The molecular formula is C14H12F3N. The second-order valence-electron chi connectivity index (χ2n) is 3.99. The molecule has 0 heterocycles. The molecule has 0 amide bonds. The van der Waals surface area contributed by atoms with Crippen molar-refractivity contribution < 1.29 is 13.2 Å². The SMILES string of the molecule is Nc1ccc(C2=CC=CCC=C2)cc1C(F)(F)F. The zero-order valence-electron chi connectivity index (χ0n) is 9.54. The van der Waals surface area contributed by atoms with Gasteiger partial charge in [0.25, 0.3) is 0 Å². The fraction of sp³-hybridized carbons (Fsp3) is 0.143. The number of allylic oxidation sites excluding steroid dienone is 6. The Hall–Kier alpha value is -1.97. The van der Waals surface area contributed by atoms with E-state index in [1.165, 1.54) is 6.07 Å². The molecule has 0 saturated heterocycles. The van der Waals surface area contributed by atoms with Gasteiger partial charge < -0.3 is 5.73 Å². The van der Waals surface area contributed by atoms with Crippen LogP contribution in [-0.4, -0.2) is 0 Å². The second-order valence-corrected chi connectivity index (χ2v) is 3.99. The van der Waals surface area contributed by atoms with Gasteiger partial charge in [-0.05, 0) is 29.7 Å². The van der Waals surface area contributed by atoms with Gasteiger partial charge in [-0.15, -0.1) is 0 Å². The molecule has 0 saturated carbocycles. The first-order chi connectivity index (χ1) is 8.48. The van der Waals surface area contributed by atoms with Crippen LogP contribution in [0.15, 0.2) is 48.6 Å². The molecule has 1 aromatic carbocycles. The van der Waals surface area contributed by atoms with Crippen molar-refractivity contribution in [3.63, 3.8) is 0 Å². The van der Waals surface area contributed by atoms with E-state index >= 15 is 0 Å². The molecule has 0 spiro atoms. The summed E-state index contributed by atoms with van der Waals surface area (Å²) in [5.74, 6) is 0. The summed E-state index contributed by atoms with van der Waals surface area (Å²) >= 11 is 0. The summed E-state index contributed by atoms with van der Waals surface area (Å²) in [4.78, 5) is 0. The Morgan fingerprint density at radius 2 is 1.89 bits per heavy atom. The molecule has 2 N–H and O–H groups in total. The van der Waals surface area contributed by atoms with Crippen LogP contribution in [0, 0.1) is 0 Å². The van der Waals surface area contributed by atoms with Gasteiger partial charge in [-0.3, -0.25) is 0 Å². The van der Waals surface area contributed by atoms with E-state index in [-0.39, 0.29) is 5.69 Å². The fourth-order valence-electron chi connectivity index (χ4n) is 1.75. The molecule has 0 aliphatic heterocycles. The van der Waals surface area contributed by atoms with Crippen LogP contribution in [0.4, 0.5) is 18.9 Å². The van der Waals surface area contributed by atoms with Crippen LogP contribution in [0.25, 0.3) is 5.57 Å². The molecule has 1 aromatic rings. The summed E-state index contributed by atoms with van der Waals surface area (Å²) < 4.78 is 38.2. The van der Waals surface area contributed by atoms with E-state index in [2.05, 4.69) is 0 Å². The lowest BCUT2D eigenvalue weighted by Crippen LogP contribution is -2.09. The summed E-state index contributed by atoms with van der Waals surface area (Å²) in [6, 6.07) is 3.98. The Morgan fingerprint density at radius 3 is 2.61 bits per heavy atom. The van der Waals surface area contributed by atoms with Gasteiger partial charge in [0.1, 0.15) is 0 Å². The molecule has 1 aliphatic rings. The van der Waals surface area contributed by atoms with Gasteiger partial charge in [0.05, 0.1) is 5.56 Å². The molecule has 0 atom stereocenters. The lowest BCUT2D eigenvalue weighted by atomic mass is 10.0. The summed E-state index contributed by atoms with van der Waals surface area (Å²) in [5.41, 5.74) is 5.58. The smallest absolute Gasteiger partial charge is 0.398 e. The Balaban J connectivity index is 2.47. The highest BCUT2D eigenvalue weighted by molar-refractivity contribution is 5.77. The minimum absolute atomic E-state index is 0.250. The second kappa shape index (κ2) is 4.72. The number of nitrogen functional groups attached to an aromatic ring is 1. The zero-order chi connectivity index (χ0) is 13.2. The fourth-order valence-corrected chi connectivity index (χ4v) is 1.75. The molecule has 0 radical (unpaired) electrons. The van der Waals surface area contributed by atoms with Crippen LogP contribution >= 0.6 is 0 Å². The summed E-state index contributed by atoms with van der Waals surface area (Å²) in [6.07, 6.45) is 5.62. The molecule has 0 bridgehead atoms. The molecule has 1 aliphatic carbocycles. The molecule has 0 fully saturated rings. The van der Waals surface area contributed by atoms with Crippen molar-refractivity contribution in [2.75, 3.05) is 5.73 Å². The largest absolute Gasteiger partial charge is 0.418 e. The van der Waals surface area contributed by atoms with Crippen molar-refractivity contribution >= 4 is 11.3 Å². The first-order valence-electron chi connectivity index (χ1n) is 5.49. The molecule has 0 unspecified atom stereocenters. The molecular weight excluding hydrogens is 239 g/mol. The van der Waals surface area contributed by atoms with Crippen LogP contribution in [0.5, 0.6) is 0 Å². The highest BCUT2D eigenvalue weighted by atomic mass is 19.4.